The first kappa shape index (κ1) is 23.7. The fraction of sp³-hybridized carbons (Fsp3) is 0.217. The van der Waals surface area contributed by atoms with Crippen molar-refractivity contribution >= 4 is 62.1 Å². The topological polar surface area (TPSA) is 40.6 Å². The van der Waals surface area contributed by atoms with Gasteiger partial charge in [-0.15, -0.1) is 0 Å². The molecule has 4 rings (SSSR count). The monoisotopic (exact) mass is 528 g/mol. The van der Waals surface area contributed by atoms with Crippen LogP contribution in [0.25, 0.3) is 0 Å². The lowest BCUT2D eigenvalue weighted by Crippen LogP contribution is -2.50. The third-order valence-corrected chi connectivity index (χ3v) is 8.66. The van der Waals surface area contributed by atoms with Crippen LogP contribution in [0, 0.1) is 6.92 Å². The van der Waals surface area contributed by atoms with E-state index in [-0.39, 0.29) is 29.0 Å². The Hall–Kier alpha value is -1.47. The van der Waals surface area contributed by atoms with Gasteiger partial charge in [0.05, 0.1) is 21.8 Å². The molecule has 0 spiro atoms. The molecule has 0 aromatic heterocycles. The van der Waals surface area contributed by atoms with Gasteiger partial charge in [-0.05, 0) is 60.5 Å². The number of nitrogens with zero attached hydrogens (tertiary/aromatic N) is 2. The molecule has 0 radical (unpaired) electrons. The third kappa shape index (κ3) is 4.74. The number of anilines is 1. The SMILES string of the molecule is Cc1ccc(S(=O)(=O)N2CCN(c3ccc(Cl)cc3Cl)C(c3ccc(Cl)cc3)C2)c(Cl)c1. The molecular weight excluding hydrogens is 510 g/mol. The minimum absolute atomic E-state index is 0.109. The minimum Gasteiger partial charge on any atom is -0.361 e. The highest BCUT2D eigenvalue weighted by Crippen LogP contribution is 2.38. The van der Waals surface area contributed by atoms with Crippen LogP contribution < -0.4 is 4.90 Å². The number of benzene rings is 3. The van der Waals surface area contributed by atoms with Gasteiger partial charge in [-0.1, -0.05) is 64.6 Å². The van der Waals surface area contributed by atoms with Gasteiger partial charge in [-0.25, -0.2) is 8.42 Å². The lowest BCUT2D eigenvalue weighted by molar-refractivity contribution is 0.335. The highest BCUT2D eigenvalue weighted by Gasteiger charge is 2.36. The third-order valence-electron chi connectivity index (χ3n) is 5.52. The van der Waals surface area contributed by atoms with Gasteiger partial charge in [-0.2, -0.15) is 4.31 Å². The molecule has 1 heterocycles. The van der Waals surface area contributed by atoms with E-state index in [0.717, 1.165) is 16.8 Å². The van der Waals surface area contributed by atoms with E-state index in [0.29, 0.717) is 21.6 Å². The van der Waals surface area contributed by atoms with Gasteiger partial charge in [0.15, 0.2) is 0 Å². The molecule has 0 aliphatic carbocycles. The first-order valence-corrected chi connectivity index (χ1v) is 12.9. The van der Waals surface area contributed by atoms with Crippen molar-refractivity contribution in [3.05, 3.63) is 91.9 Å². The van der Waals surface area contributed by atoms with Crippen LogP contribution in [0.2, 0.25) is 20.1 Å². The van der Waals surface area contributed by atoms with Gasteiger partial charge in [0, 0.05) is 29.7 Å². The summed E-state index contributed by atoms with van der Waals surface area (Å²) in [6.45, 7) is 2.83. The Morgan fingerprint density at radius 3 is 2.16 bits per heavy atom. The van der Waals surface area contributed by atoms with E-state index in [1.165, 1.54) is 4.31 Å². The molecule has 1 unspecified atom stereocenters. The van der Waals surface area contributed by atoms with Crippen LogP contribution >= 0.6 is 46.4 Å². The molecule has 1 saturated heterocycles. The van der Waals surface area contributed by atoms with Crippen LogP contribution in [0.1, 0.15) is 17.2 Å². The molecule has 4 nitrogen and oxygen atoms in total. The second kappa shape index (κ2) is 9.41. The van der Waals surface area contributed by atoms with E-state index in [1.807, 2.05) is 25.1 Å². The van der Waals surface area contributed by atoms with Crippen LogP contribution in [-0.4, -0.2) is 32.4 Å². The molecule has 1 atom stereocenters. The number of piperazine rings is 1. The standard InChI is InChI=1S/C23H20Cl4N2O2S/c1-15-2-9-23(20(27)12-15)32(30,31)28-10-11-29(21-8-7-18(25)13-19(21)26)22(14-28)16-3-5-17(24)6-4-16/h2-9,12-13,22H,10-11,14H2,1H3. The first-order chi connectivity index (χ1) is 15.2. The fourth-order valence-corrected chi connectivity index (χ4v) is 6.56. The minimum atomic E-state index is -3.79. The fourth-order valence-electron chi connectivity index (χ4n) is 3.90. The molecule has 168 valence electrons. The smallest absolute Gasteiger partial charge is 0.244 e. The van der Waals surface area contributed by atoms with E-state index in [4.69, 9.17) is 46.4 Å². The van der Waals surface area contributed by atoms with Gasteiger partial charge in [-0.3, -0.25) is 0 Å². The number of rotatable bonds is 4. The Balaban J connectivity index is 1.73. The lowest BCUT2D eigenvalue weighted by atomic mass is 10.0. The van der Waals surface area contributed by atoms with E-state index in [9.17, 15) is 8.42 Å². The Labute approximate surface area is 208 Å². The number of halogens is 4. The Morgan fingerprint density at radius 2 is 1.50 bits per heavy atom. The Bertz CT molecular complexity index is 1250. The molecule has 9 heteroatoms. The largest absolute Gasteiger partial charge is 0.361 e. The van der Waals surface area contributed by atoms with Crippen molar-refractivity contribution in [3.8, 4) is 0 Å². The van der Waals surface area contributed by atoms with Crippen molar-refractivity contribution in [2.75, 3.05) is 24.5 Å². The van der Waals surface area contributed by atoms with Gasteiger partial charge >= 0.3 is 0 Å². The van der Waals surface area contributed by atoms with Gasteiger partial charge < -0.3 is 4.90 Å². The molecule has 1 fully saturated rings. The maximum Gasteiger partial charge on any atom is 0.244 e. The summed E-state index contributed by atoms with van der Waals surface area (Å²) >= 11 is 25.0. The van der Waals surface area contributed by atoms with E-state index < -0.39 is 10.0 Å². The molecule has 3 aromatic carbocycles. The average Bonchev–Trinajstić information content (AvgIpc) is 2.74. The normalized spacial score (nSPS) is 17.5. The summed E-state index contributed by atoms with van der Waals surface area (Å²) in [5.74, 6) is 0. The van der Waals surface area contributed by atoms with E-state index in [2.05, 4.69) is 4.90 Å². The Morgan fingerprint density at radius 1 is 0.812 bits per heavy atom. The number of hydrogen-bond donors (Lipinski definition) is 0. The molecule has 0 N–H and O–H groups in total. The zero-order valence-corrected chi connectivity index (χ0v) is 20.9. The Kier molecular flexibility index (Phi) is 6.97. The lowest BCUT2D eigenvalue weighted by Gasteiger charge is -2.42. The summed E-state index contributed by atoms with van der Waals surface area (Å²) in [4.78, 5) is 2.21. The summed E-state index contributed by atoms with van der Waals surface area (Å²) in [5.41, 5.74) is 2.62. The summed E-state index contributed by atoms with van der Waals surface area (Å²) < 4.78 is 28.4. The summed E-state index contributed by atoms with van der Waals surface area (Å²) in [6, 6.07) is 17.4. The second-order valence-electron chi connectivity index (χ2n) is 7.65. The van der Waals surface area contributed by atoms with Crippen LogP contribution in [0.5, 0.6) is 0 Å². The highest BCUT2D eigenvalue weighted by molar-refractivity contribution is 7.89. The molecular formula is C23H20Cl4N2O2S. The van der Waals surface area contributed by atoms with Gasteiger partial charge in [0.2, 0.25) is 10.0 Å². The molecule has 32 heavy (non-hydrogen) atoms. The summed E-state index contributed by atoms with van der Waals surface area (Å²) in [5, 5.41) is 1.87. The molecule has 3 aromatic rings. The highest BCUT2D eigenvalue weighted by atomic mass is 35.5. The second-order valence-corrected chi connectivity index (χ2v) is 11.2. The van der Waals surface area contributed by atoms with Crippen molar-refractivity contribution in [3.63, 3.8) is 0 Å². The number of sulfonamides is 1. The van der Waals surface area contributed by atoms with Crippen molar-refractivity contribution in [1.82, 2.24) is 4.31 Å². The molecule has 1 aliphatic heterocycles. The van der Waals surface area contributed by atoms with E-state index in [1.54, 1.807) is 42.5 Å². The predicted molar refractivity (Wildman–Crippen MR) is 133 cm³/mol. The van der Waals surface area contributed by atoms with Crippen LogP contribution in [0.15, 0.2) is 65.6 Å². The van der Waals surface area contributed by atoms with E-state index >= 15 is 0 Å². The summed E-state index contributed by atoms with van der Waals surface area (Å²) in [6.07, 6.45) is 0. The predicted octanol–water partition coefficient (Wildman–Crippen LogP) is 6.86. The van der Waals surface area contributed by atoms with Gasteiger partial charge in [0.25, 0.3) is 0 Å². The molecule has 0 saturated carbocycles. The maximum atomic E-state index is 13.5. The first-order valence-electron chi connectivity index (χ1n) is 9.90. The van der Waals surface area contributed by atoms with Crippen molar-refractivity contribution in [2.45, 2.75) is 17.9 Å². The van der Waals surface area contributed by atoms with Crippen molar-refractivity contribution < 1.29 is 8.42 Å². The molecule has 0 bridgehead atoms. The van der Waals surface area contributed by atoms with Crippen molar-refractivity contribution in [2.24, 2.45) is 0 Å². The zero-order chi connectivity index (χ0) is 23.0. The summed E-state index contributed by atoms with van der Waals surface area (Å²) in [7, 11) is -3.79. The van der Waals surface area contributed by atoms with Crippen LogP contribution in [0.3, 0.4) is 0 Å². The quantitative estimate of drug-likeness (QED) is 0.370. The zero-order valence-electron chi connectivity index (χ0n) is 17.1. The van der Waals surface area contributed by atoms with Gasteiger partial charge in [0.1, 0.15) is 4.90 Å². The molecule has 0 amide bonds. The maximum absolute atomic E-state index is 13.5. The number of hydrogen-bond acceptors (Lipinski definition) is 3. The van der Waals surface area contributed by atoms with Crippen LogP contribution in [-0.2, 0) is 10.0 Å². The van der Waals surface area contributed by atoms with Crippen molar-refractivity contribution in [1.29, 1.82) is 0 Å². The average molecular weight is 530 g/mol. The molecule has 1 aliphatic rings. The van der Waals surface area contributed by atoms with Crippen LogP contribution in [0.4, 0.5) is 5.69 Å². The number of aryl methyl sites for hydroxylation is 1.